The fourth-order valence-electron chi connectivity index (χ4n) is 0.611. The quantitative estimate of drug-likeness (QED) is 0.323. The second kappa shape index (κ2) is 3.54. The van der Waals surface area contributed by atoms with E-state index in [1.807, 2.05) is 22.6 Å². The molecule has 0 heterocycles. The Morgan fingerprint density at radius 1 is 1.55 bits per heavy atom. The van der Waals surface area contributed by atoms with Crippen LogP contribution in [0.2, 0.25) is 0 Å². The Balaban J connectivity index is 3.22. The second-order valence-electron chi connectivity index (χ2n) is 1.79. The van der Waals surface area contributed by atoms with Crippen molar-refractivity contribution in [1.82, 2.24) is 0 Å². The maximum atomic E-state index is 12.7. The van der Waals surface area contributed by atoms with E-state index in [4.69, 9.17) is 5.53 Å². The van der Waals surface area contributed by atoms with Gasteiger partial charge in [0.05, 0.1) is 5.69 Å². The molecule has 0 aliphatic rings. The lowest BCUT2D eigenvalue weighted by molar-refractivity contribution is 0.629. The van der Waals surface area contributed by atoms with Crippen molar-refractivity contribution < 1.29 is 4.39 Å². The molecule has 11 heavy (non-hydrogen) atoms. The van der Waals surface area contributed by atoms with Crippen LogP contribution in [-0.2, 0) is 0 Å². The molecular weight excluding hydrogens is 260 g/mol. The topological polar surface area (TPSA) is 48.8 Å². The largest absolute Gasteiger partial charge is 0.207 e. The number of nitrogens with zero attached hydrogens (tertiary/aromatic N) is 3. The van der Waals surface area contributed by atoms with Gasteiger partial charge < -0.3 is 0 Å². The van der Waals surface area contributed by atoms with Gasteiger partial charge in [-0.2, -0.15) is 0 Å². The van der Waals surface area contributed by atoms with Crippen molar-refractivity contribution in [2.45, 2.75) is 0 Å². The van der Waals surface area contributed by atoms with Gasteiger partial charge in [0, 0.05) is 8.48 Å². The molecular formula is C6H3FIN3. The van der Waals surface area contributed by atoms with Crippen molar-refractivity contribution in [1.29, 1.82) is 0 Å². The van der Waals surface area contributed by atoms with E-state index in [1.54, 1.807) is 6.07 Å². The fraction of sp³-hybridized carbons (Fsp3) is 0. The zero-order chi connectivity index (χ0) is 8.27. The fourth-order valence-corrected chi connectivity index (χ4v) is 1.09. The third kappa shape index (κ3) is 2.06. The smallest absolute Gasteiger partial charge is 0.132 e. The van der Waals surface area contributed by atoms with Gasteiger partial charge in [0.15, 0.2) is 0 Å². The summed E-state index contributed by atoms with van der Waals surface area (Å²) in [6.45, 7) is 0. The minimum Gasteiger partial charge on any atom is -0.207 e. The van der Waals surface area contributed by atoms with Gasteiger partial charge in [0.1, 0.15) is 5.82 Å². The number of benzene rings is 1. The van der Waals surface area contributed by atoms with Gasteiger partial charge in [-0.3, -0.25) is 0 Å². The van der Waals surface area contributed by atoms with Gasteiger partial charge in [-0.15, -0.1) is 0 Å². The van der Waals surface area contributed by atoms with Crippen LogP contribution < -0.4 is 0 Å². The van der Waals surface area contributed by atoms with Gasteiger partial charge >= 0.3 is 0 Å². The van der Waals surface area contributed by atoms with Crippen molar-refractivity contribution in [2.75, 3.05) is 0 Å². The number of hydrogen-bond acceptors (Lipinski definition) is 1. The number of rotatable bonds is 1. The van der Waals surface area contributed by atoms with E-state index in [1.165, 1.54) is 12.1 Å². The number of halogens is 2. The van der Waals surface area contributed by atoms with Crippen molar-refractivity contribution in [3.8, 4) is 0 Å². The molecule has 1 aromatic carbocycles. The van der Waals surface area contributed by atoms with Crippen LogP contribution in [0.25, 0.3) is 10.4 Å². The molecule has 0 radical (unpaired) electrons. The van der Waals surface area contributed by atoms with Crippen LogP contribution in [-0.4, -0.2) is 0 Å². The summed E-state index contributed by atoms with van der Waals surface area (Å²) in [5.41, 5.74) is 8.07. The Morgan fingerprint density at radius 3 is 2.91 bits per heavy atom. The Morgan fingerprint density at radius 2 is 2.27 bits per heavy atom. The summed E-state index contributed by atoms with van der Waals surface area (Å²) in [5.74, 6) is -0.497. The maximum absolute atomic E-state index is 12.7. The number of azide groups is 1. The first-order valence-electron chi connectivity index (χ1n) is 2.74. The lowest BCUT2D eigenvalue weighted by Gasteiger charge is -1.94. The van der Waals surface area contributed by atoms with Gasteiger partial charge in [0.25, 0.3) is 0 Å². The standard InChI is InChI=1S/C6H3FIN3/c7-5-2-1-4(8)3-6(5)10-11-9/h1-3H. The normalized spacial score (nSPS) is 8.91. The minimum atomic E-state index is -0.497. The predicted octanol–water partition coefficient (Wildman–Crippen LogP) is 3.37. The molecule has 0 aliphatic heterocycles. The van der Waals surface area contributed by atoms with E-state index in [0.29, 0.717) is 0 Å². The lowest BCUT2D eigenvalue weighted by atomic mass is 10.3. The Bertz CT molecular complexity index is 320. The molecule has 0 saturated heterocycles. The Hall–Kier alpha value is -0.810. The molecule has 5 heteroatoms. The summed E-state index contributed by atoms with van der Waals surface area (Å²) in [7, 11) is 0. The molecule has 3 nitrogen and oxygen atoms in total. The molecule has 0 atom stereocenters. The Kier molecular flexibility index (Phi) is 2.67. The summed E-state index contributed by atoms with van der Waals surface area (Å²) >= 11 is 2.01. The minimum absolute atomic E-state index is 0.0411. The highest BCUT2D eigenvalue weighted by atomic mass is 127. The van der Waals surface area contributed by atoms with Crippen molar-refractivity contribution in [3.63, 3.8) is 0 Å². The monoisotopic (exact) mass is 263 g/mol. The summed E-state index contributed by atoms with van der Waals surface area (Å²) in [6.07, 6.45) is 0. The van der Waals surface area contributed by atoms with Gasteiger partial charge in [-0.1, -0.05) is 5.11 Å². The lowest BCUT2D eigenvalue weighted by Crippen LogP contribution is -1.75. The first kappa shape index (κ1) is 8.29. The molecule has 56 valence electrons. The van der Waals surface area contributed by atoms with Crippen LogP contribution in [0.5, 0.6) is 0 Å². The zero-order valence-electron chi connectivity index (χ0n) is 5.33. The van der Waals surface area contributed by atoms with E-state index < -0.39 is 5.82 Å². The molecule has 0 unspecified atom stereocenters. The van der Waals surface area contributed by atoms with Gasteiger partial charge in [0.2, 0.25) is 0 Å². The molecule has 0 aliphatic carbocycles. The number of hydrogen-bond donors (Lipinski definition) is 0. The predicted molar refractivity (Wildman–Crippen MR) is 47.9 cm³/mol. The summed E-state index contributed by atoms with van der Waals surface area (Å²) in [5, 5.41) is 3.17. The third-order valence-corrected chi connectivity index (χ3v) is 1.73. The zero-order valence-corrected chi connectivity index (χ0v) is 7.49. The van der Waals surface area contributed by atoms with E-state index in [9.17, 15) is 4.39 Å². The molecule has 0 N–H and O–H groups in total. The summed E-state index contributed by atoms with van der Waals surface area (Å²) in [6, 6.07) is 4.35. The first-order chi connectivity index (χ1) is 5.24. The summed E-state index contributed by atoms with van der Waals surface area (Å²) in [4.78, 5) is 2.49. The second-order valence-corrected chi connectivity index (χ2v) is 3.03. The van der Waals surface area contributed by atoms with E-state index in [-0.39, 0.29) is 5.69 Å². The average Bonchev–Trinajstić information content (AvgIpc) is 1.98. The SMILES string of the molecule is [N-]=[N+]=Nc1cc(I)ccc1F. The van der Waals surface area contributed by atoms with E-state index in [2.05, 4.69) is 10.0 Å². The van der Waals surface area contributed by atoms with E-state index >= 15 is 0 Å². The third-order valence-electron chi connectivity index (χ3n) is 1.06. The van der Waals surface area contributed by atoms with Crippen LogP contribution in [0, 0.1) is 9.39 Å². The van der Waals surface area contributed by atoms with Crippen LogP contribution >= 0.6 is 22.6 Å². The molecule has 0 aromatic heterocycles. The molecule has 1 aromatic rings. The van der Waals surface area contributed by atoms with Crippen LogP contribution in [0.3, 0.4) is 0 Å². The molecule has 0 amide bonds. The van der Waals surface area contributed by atoms with Gasteiger partial charge in [-0.25, -0.2) is 4.39 Å². The average molecular weight is 263 g/mol. The molecule has 0 spiro atoms. The van der Waals surface area contributed by atoms with Crippen LogP contribution in [0.1, 0.15) is 0 Å². The van der Waals surface area contributed by atoms with Crippen molar-refractivity contribution in [3.05, 3.63) is 38.0 Å². The summed E-state index contributed by atoms with van der Waals surface area (Å²) < 4.78 is 13.5. The first-order valence-corrected chi connectivity index (χ1v) is 3.82. The van der Waals surface area contributed by atoms with Crippen molar-refractivity contribution in [2.24, 2.45) is 5.11 Å². The molecule has 0 bridgehead atoms. The van der Waals surface area contributed by atoms with Crippen LogP contribution in [0.4, 0.5) is 10.1 Å². The maximum Gasteiger partial charge on any atom is 0.132 e. The Labute approximate surface area is 76.0 Å². The van der Waals surface area contributed by atoms with E-state index in [0.717, 1.165) is 3.57 Å². The van der Waals surface area contributed by atoms with Crippen LogP contribution in [0.15, 0.2) is 23.3 Å². The highest BCUT2D eigenvalue weighted by molar-refractivity contribution is 14.1. The molecule has 0 saturated carbocycles. The molecule has 1 rings (SSSR count). The van der Waals surface area contributed by atoms with Crippen molar-refractivity contribution >= 4 is 28.3 Å². The highest BCUT2D eigenvalue weighted by Gasteiger charge is 1.98. The molecule has 0 fully saturated rings. The van der Waals surface area contributed by atoms with Gasteiger partial charge in [-0.05, 0) is 46.3 Å². The highest BCUT2D eigenvalue weighted by Crippen LogP contribution is 2.20.